The highest BCUT2D eigenvalue weighted by Gasteiger charge is 2.14. The predicted octanol–water partition coefficient (Wildman–Crippen LogP) is 3.45. The molecule has 0 saturated carbocycles. The number of hydrogen-bond acceptors (Lipinski definition) is 6. The number of nitrogens with one attached hydrogen (secondary N) is 2. The monoisotopic (exact) mass is 479 g/mol. The first-order chi connectivity index (χ1) is 15.8. The van der Waals surface area contributed by atoms with Gasteiger partial charge in [-0.05, 0) is 44.5 Å². The number of para-hydroxylation sites is 1. The molecule has 0 atom stereocenters. The quantitative estimate of drug-likeness (QED) is 0.223. The van der Waals surface area contributed by atoms with Crippen LogP contribution in [0, 0.1) is 5.82 Å². The van der Waals surface area contributed by atoms with Crippen LogP contribution in [0.25, 0.3) is 0 Å². The minimum absolute atomic E-state index is 0.104. The number of hydrogen-bond donors (Lipinski definition) is 2. The summed E-state index contributed by atoms with van der Waals surface area (Å²) in [6.45, 7) is 4.46. The molecule has 0 aromatic heterocycles. The van der Waals surface area contributed by atoms with Crippen molar-refractivity contribution in [2.75, 3.05) is 20.3 Å². The van der Waals surface area contributed by atoms with Gasteiger partial charge in [0.15, 0.2) is 11.5 Å². The summed E-state index contributed by atoms with van der Waals surface area (Å²) in [6.07, 6.45) is 1.98. The molecule has 0 unspecified atom stereocenters. The van der Waals surface area contributed by atoms with E-state index in [4.69, 9.17) is 25.8 Å². The van der Waals surface area contributed by atoms with E-state index in [-0.39, 0.29) is 29.0 Å². The fourth-order valence-corrected chi connectivity index (χ4v) is 2.87. The van der Waals surface area contributed by atoms with Crippen molar-refractivity contribution in [2.45, 2.75) is 33.0 Å². The molecular formula is C23H27ClFN3O5. The number of carbonyl (C=O) groups is 2. The second kappa shape index (κ2) is 13.4. The topological polar surface area (TPSA) is 98.2 Å². The fourth-order valence-electron chi connectivity index (χ4n) is 2.65. The van der Waals surface area contributed by atoms with E-state index in [9.17, 15) is 14.0 Å². The highest BCUT2D eigenvalue weighted by Crippen LogP contribution is 2.32. The third-order valence-electron chi connectivity index (χ3n) is 4.29. The number of nitrogens with zero attached hydrogens (tertiary/aromatic N) is 1. The summed E-state index contributed by atoms with van der Waals surface area (Å²) in [5.74, 6) is -1.58. The Hall–Kier alpha value is -3.17. The number of hydrazone groups is 1. The second-order valence-corrected chi connectivity index (χ2v) is 7.50. The third kappa shape index (κ3) is 8.36. The largest absolute Gasteiger partial charge is 0.493 e. The van der Waals surface area contributed by atoms with Crippen LogP contribution in [0.15, 0.2) is 41.5 Å². The molecule has 0 fully saturated rings. The lowest BCUT2D eigenvalue weighted by atomic mass is 10.2. The van der Waals surface area contributed by atoms with Crippen LogP contribution >= 0.6 is 11.6 Å². The normalized spacial score (nSPS) is 11.0. The van der Waals surface area contributed by atoms with Gasteiger partial charge in [0, 0.05) is 24.3 Å². The Kier molecular flexibility index (Phi) is 10.6. The van der Waals surface area contributed by atoms with Gasteiger partial charge in [-0.2, -0.15) is 5.10 Å². The lowest BCUT2D eigenvalue weighted by Gasteiger charge is -2.14. The Morgan fingerprint density at radius 1 is 1.18 bits per heavy atom. The average molecular weight is 480 g/mol. The number of halogens is 2. The number of methoxy groups -OCH3 is 1. The summed E-state index contributed by atoms with van der Waals surface area (Å²) in [5.41, 5.74) is 2.79. The van der Waals surface area contributed by atoms with Gasteiger partial charge < -0.3 is 19.5 Å². The smallest absolute Gasteiger partial charge is 0.329 e. The van der Waals surface area contributed by atoms with E-state index < -0.39 is 17.6 Å². The van der Waals surface area contributed by atoms with E-state index in [0.717, 1.165) is 0 Å². The minimum Gasteiger partial charge on any atom is -0.493 e. The van der Waals surface area contributed by atoms with Crippen LogP contribution in [0.3, 0.4) is 0 Å². The summed E-state index contributed by atoms with van der Waals surface area (Å²) in [6, 6.07) is 9.35. The first-order valence-electron chi connectivity index (χ1n) is 10.3. The van der Waals surface area contributed by atoms with Gasteiger partial charge in [0.25, 0.3) is 0 Å². The van der Waals surface area contributed by atoms with Crippen molar-refractivity contribution >= 4 is 29.6 Å². The summed E-state index contributed by atoms with van der Waals surface area (Å²) in [5, 5.41) is 6.53. The molecule has 2 N–H and O–H groups in total. The summed E-state index contributed by atoms with van der Waals surface area (Å²) < 4.78 is 30.5. The van der Waals surface area contributed by atoms with Gasteiger partial charge in [0.1, 0.15) is 12.4 Å². The molecule has 0 heterocycles. The summed E-state index contributed by atoms with van der Waals surface area (Å²) in [4.78, 5) is 23.8. The van der Waals surface area contributed by atoms with Crippen molar-refractivity contribution in [1.82, 2.24) is 10.7 Å². The maximum Gasteiger partial charge on any atom is 0.329 e. The zero-order valence-corrected chi connectivity index (χ0v) is 19.4. The van der Waals surface area contributed by atoms with E-state index in [1.54, 1.807) is 24.3 Å². The van der Waals surface area contributed by atoms with Gasteiger partial charge in [-0.1, -0.05) is 23.7 Å². The summed E-state index contributed by atoms with van der Waals surface area (Å²) >= 11 is 6.05. The van der Waals surface area contributed by atoms with Gasteiger partial charge in [0.2, 0.25) is 0 Å². The molecule has 0 aliphatic rings. The number of ether oxygens (including phenoxy) is 3. The first-order valence-corrected chi connectivity index (χ1v) is 10.7. The van der Waals surface area contributed by atoms with Crippen LogP contribution in [0.4, 0.5) is 4.39 Å². The maximum atomic E-state index is 14.1. The van der Waals surface area contributed by atoms with Gasteiger partial charge in [0.05, 0.1) is 24.5 Å². The third-order valence-corrected chi connectivity index (χ3v) is 4.64. The Bertz CT molecular complexity index is 964. The first kappa shape index (κ1) is 26.1. The van der Waals surface area contributed by atoms with Gasteiger partial charge in [-0.15, -0.1) is 0 Å². The summed E-state index contributed by atoms with van der Waals surface area (Å²) in [7, 11) is 1.46. The van der Waals surface area contributed by atoms with Crippen LogP contribution in [0.1, 0.15) is 31.4 Å². The molecule has 2 aromatic rings. The van der Waals surface area contributed by atoms with Crippen LogP contribution in [-0.4, -0.2) is 44.4 Å². The number of amides is 2. The number of benzene rings is 2. The zero-order chi connectivity index (χ0) is 24.2. The van der Waals surface area contributed by atoms with E-state index in [1.807, 2.05) is 13.8 Å². The molecule has 0 radical (unpaired) electrons. The van der Waals surface area contributed by atoms with Crippen LogP contribution < -0.4 is 20.2 Å². The van der Waals surface area contributed by atoms with Gasteiger partial charge >= 0.3 is 11.8 Å². The lowest BCUT2D eigenvalue weighted by Crippen LogP contribution is -2.38. The highest BCUT2D eigenvalue weighted by molar-refractivity contribution is 6.35. The van der Waals surface area contributed by atoms with Crippen molar-refractivity contribution in [3.8, 4) is 11.5 Å². The fraction of sp³-hybridized carbons (Fsp3) is 0.348. The number of rotatable bonds is 11. The van der Waals surface area contributed by atoms with Gasteiger partial charge in [-0.25, -0.2) is 9.82 Å². The molecule has 10 heteroatoms. The van der Waals surface area contributed by atoms with Crippen LogP contribution in [0.5, 0.6) is 11.5 Å². The Labute approximate surface area is 197 Å². The molecule has 2 rings (SSSR count). The van der Waals surface area contributed by atoms with Crippen molar-refractivity contribution in [1.29, 1.82) is 0 Å². The van der Waals surface area contributed by atoms with Crippen molar-refractivity contribution in [3.05, 3.63) is 58.4 Å². The molecule has 33 heavy (non-hydrogen) atoms. The number of carbonyl (C=O) groups excluding carboxylic acids is 2. The molecule has 0 aliphatic carbocycles. The zero-order valence-electron chi connectivity index (χ0n) is 18.7. The molecule has 0 aliphatic heterocycles. The maximum absolute atomic E-state index is 14.1. The molecule has 2 aromatic carbocycles. The van der Waals surface area contributed by atoms with E-state index >= 15 is 0 Å². The molecule has 178 valence electrons. The van der Waals surface area contributed by atoms with Gasteiger partial charge in [-0.3, -0.25) is 9.59 Å². The SMILES string of the molecule is COc1cccc(/C=N\NC(=O)C(=O)NCCCOC(C)C)c1OCc1c(F)cccc1Cl. The lowest BCUT2D eigenvalue weighted by molar-refractivity contribution is -0.139. The van der Waals surface area contributed by atoms with E-state index in [0.29, 0.717) is 30.9 Å². The van der Waals surface area contributed by atoms with E-state index in [1.165, 1.54) is 25.5 Å². The predicted molar refractivity (Wildman–Crippen MR) is 123 cm³/mol. The Morgan fingerprint density at radius 2 is 1.94 bits per heavy atom. The average Bonchev–Trinajstić information content (AvgIpc) is 2.78. The molecule has 2 amide bonds. The molecule has 8 nitrogen and oxygen atoms in total. The molecule has 0 spiro atoms. The van der Waals surface area contributed by atoms with E-state index in [2.05, 4.69) is 15.8 Å². The van der Waals surface area contributed by atoms with Crippen LogP contribution in [-0.2, 0) is 20.9 Å². The standard InChI is InChI=1S/C23H27ClFN3O5/c1-15(2)32-12-6-11-26-22(29)23(30)28-27-13-16-7-4-10-20(31-3)21(16)33-14-17-18(24)8-5-9-19(17)25/h4-5,7-10,13,15H,6,11-12,14H2,1-3H3,(H,26,29)(H,28,30)/b27-13-. The molecule has 0 saturated heterocycles. The van der Waals surface area contributed by atoms with Crippen molar-refractivity contribution < 1.29 is 28.2 Å². The molecular weight excluding hydrogens is 453 g/mol. The molecule has 0 bridgehead atoms. The second-order valence-electron chi connectivity index (χ2n) is 7.10. The minimum atomic E-state index is -0.917. The Morgan fingerprint density at radius 3 is 2.64 bits per heavy atom. The van der Waals surface area contributed by atoms with Crippen molar-refractivity contribution in [2.24, 2.45) is 5.10 Å². The van der Waals surface area contributed by atoms with Crippen molar-refractivity contribution in [3.63, 3.8) is 0 Å². The Balaban J connectivity index is 1.98. The van der Waals surface area contributed by atoms with Crippen LogP contribution in [0.2, 0.25) is 5.02 Å². The highest BCUT2D eigenvalue weighted by atomic mass is 35.5.